The first-order chi connectivity index (χ1) is 8.20. The van der Waals surface area contributed by atoms with Gasteiger partial charge in [-0.1, -0.05) is 0 Å². The molecule has 1 heterocycles. The molecule has 96 valence electrons. The summed E-state index contributed by atoms with van der Waals surface area (Å²) in [5, 5.41) is 15.7. The summed E-state index contributed by atoms with van der Waals surface area (Å²) in [7, 11) is 1.57. The lowest BCUT2D eigenvalue weighted by Gasteiger charge is -2.09. The van der Waals surface area contributed by atoms with E-state index in [1.807, 2.05) is 0 Å². The third-order valence-electron chi connectivity index (χ3n) is 2.14. The zero-order chi connectivity index (χ0) is 12.7. The van der Waals surface area contributed by atoms with Gasteiger partial charge in [0.25, 0.3) is 5.56 Å². The highest BCUT2D eigenvalue weighted by Gasteiger charge is 2.07. The fraction of sp³-hybridized carbons (Fsp3) is 0.600. The number of halogens is 1. The molecule has 0 atom stereocenters. The van der Waals surface area contributed by atoms with E-state index in [1.54, 1.807) is 13.3 Å². The lowest BCUT2D eigenvalue weighted by Crippen LogP contribution is -2.26. The average molecular weight is 306 g/mol. The second-order valence-electron chi connectivity index (χ2n) is 3.40. The third kappa shape index (κ3) is 4.10. The van der Waals surface area contributed by atoms with Gasteiger partial charge in [0.05, 0.1) is 25.0 Å². The minimum atomic E-state index is -0.198. The first-order valence-corrected chi connectivity index (χ1v) is 6.09. The van der Waals surface area contributed by atoms with Crippen molar-refractivity contribution < 1.29 is 9.84 Å². The molecule has 2 N–H and O–H groups in total. The minimum absolute atomic E-state index is 0.114. The highest BCUT2D eigenvalue weighted by molar-refractivity contribution is 9.10. The molecule has 0 radical (unpaired) electrons. The molecule has 17 heavy (non-hydrogen) atoms. The number of aromatic nitrogens is 2. The number of ether oxygens (including phenoxy) is 1. The number of hydrogen-bond donors (Lipinski definition) is 2. The molecule has 0 spiro atoms. The fourth-order valence-electron chi connectivity index (χ4n) is 1.23. The molecule has 0 saturated heterocycles. The summed E-state index contributed by atoms with van der Waals surface area (Å²) >= 11 is 3.24. The van der Waals surface area contributed by atoms with Crippen molar-refractivity contribution in [3.63, 3.8) is 0 Å². The molecule has 0 aliphatic heterocycles. The Bertz CT molecular complexity index is 408. The maximum absolute atomic E-state index is 11.8. The second-order valence-corrected chi connectivity index (χ2v) is 4.19. The fourth-order valence-corrected chi connectivity index (χ4v) is 1.67. The molecule has 0 aliphatic rings. The van der Waals surface area contributed by atoms with Crippen LogP contribution in [0.15, 0.2) is 15.5 Å². The van der Waals surface area contributed by atoms with Gasteiger partial charge in [-0.25, -0.2) is 4.68 Å². The Morgan fingerprint density at radius 3 is 3.06 bits per heavy atom. The molecule has 0 fully saturated rings. The number of rotatable bonds is 7. The van der Waals surface area contributed by atoms with Crippen LogP contribution in [0.5, 0.6) is 0 Å². The van der Waals surface area contributed by atoms with Gasteiger partial charge in [0.15, 0.2) is 0 Å². The van der Waals surface area contributed by atoms with Crippen LogP contribution >= 0.6 is 15.9 Å². The van der Waals surface area contributed by atoms with Crippen LogP contribution in [0.4, 0.5) is 5.69 Å². The van der Waals surface area contributed by atoms with Crippen molar-refractivity contribution in [3.8, 4) is 0 Å². The van der Waals surface area contributed by atoms with Gasteiger partial charge in [0.1, 0.15) is 4.47 Å². The van der Waals surface area contributed by atoms with Crippen LogP contribution in [-0.4, -0.2) is 41.8 Å². The Balaban J connectivity index is 2.76. The molecular weight excluding hydrogens is 290 g/mol. The van der Waals surface area contributed by atoms with Gasteiger partial charge in [-0.15, -0.1) is 0 Å². The maximum atomic E-state index is 11.8. The van der Waals surface area contributed by atoms with Crippen LogP contribution in [0.2, 0.25) is 0 Å². The summed E-state index contributed by atoms with van der Waals surface area (Å²) in [6, 6.07) is 0. The molecule has 1 aromatic heterocycles. The Morgan fingerprint density at radius 2 is 2.41 bits per heavy atom. The molecule has 0 aromatic carbocycles. The van der Waals surface area contributed by atoms with Gasteiger partial charge in [-0.2, -0.15) is 5.10 Å². The molecule has 6 nitrogen and oxygen atoms in total. The Hall–Kier alpha value is -0.920. The standard InChI is InChI=1S/C10H16BrN3O3/c1-17-6-4-14-10(16)9(11)8(7-13-14)12-3-2-5-15/h7,12,15H,2-6H2,1H3. The van der Waals surface area contributed by atoms with E-state index in [-0.39, 0.29) is 12.2 Å². The van der Waals surface area contributed by atoms with Gasteiger partial charge < -0.3 is 15.2 Å². The van der Waals surface area contributed by atoms with Crippen molar-refractivity contribution in [2.24, 2.45) is 0 Å². The van der Waals surface area contributed by atoms with Crippen molar-refractivity contribution in [1.82, 2.24) is 9.78 Å². The average Bonchev–Trinajstić information content (AvgIpc) is 2.34. The number of aliphatic hydroxyl groups excluding tert-OH is 1. The number of hydrogen-bond acceptors (Lipinski definition) is 5. The van der Waals surface area contributed by atoms with Crippen LogP contribution in [0.1, 0.15) is 6.42 Å². The van der Waals surface area contributed by atoms with Crippen molar-refractivity contribution >= 4 is 21.6 Å². The van der Waals surface area contributed by atoms with Gasteiger partial charge in [-0.05, 0) is 22.4 Å². The summed E-state index contributed by atoms with van der Waals surface area (Å²) in [6.45, 7) is 1.57. The molecule has 0 amide bonds. The third-order valence-corrected chi connectivity index (χ3v) is 2.91. The number of anilines is 1. The molecule has 0 aliphatic carbocycles. The molecule has 7 heteroatoms. The van der Waals surface area contributed by atoms with Crippen LogP contribution in [0.3, 0.4) is 0 Å². The van der Waals surface area contributed by atoms with Crippen molar-refractivity contribution in [1.29, 1.82) is 0 Å². The smallest absolute Gasteiger partial charge is 0.283 e. The number of methoxy groups -OCH3 is 1. The van der Waals surface area contributed by atoms with Gasteiger partial charge in [0, 0.05) is 20.3 Å². The second kappa shape index (κ2) is 7.41. The lowest BCUT2D eigenvalue weighted by molar-refractivity contribution is 0.181. The molecule has 1 rings (SSSR count). The summed E-state index contributed by atoms with van der Waals surface area (Å²) < 4.78 is 6.68. The van der Waals surface area contributed by atoms with Crippen LogP contribution in [-0.2, 0) is 11.3 Å². The van der Waals surface area contributed by atoms with E-state index >= 15 is 0 Å². The zero-order valence-corrected chi connectivity index (χ0v) is 11.2. The van der Waals surface area contributed by atoms with E-state index in [9.17, 15) is 4.79 Å². The molecule has 0 bridgehead atoms. The molecule has 0 saturated carbocycles. The number of nitrogens with zero attached hydrogens (tertiary/aromatic N) is 2. The normalized spacial score (nSPS) is 10.5. The van der Waals surface area contributed by atoms with Crippen LogP contribution in [0.25, 0.3) is 0 Å². The Labute approximate surface area is 108 Å². The van der Waals surface area contributed by atoms with Crippen molar-refractivity contribution in [2.45, 2.75) is 13.0 Å². The van der Waals surface area contributed by atoms with Crippen molar-refractivity contribution in [2.75, 3.05) is 32.2 Å². The summed E-state index contributed by atoms with van der Waals surface area (Å²) in [6.07, 6.45) is 2.21. The summed E-state index contributed by atoms with van der Waals surface area (Å²) in [5.74, 6) is 0. The van der Waals surface area contributed by atoms with Crippen molar-refractivity contribution in [3.05, 3.63) is 21.0 Å². The van der Waals surface area contributed by atoms with E-state index in [4.69, 9.17) is 9.84 Å². The minimum Gasteiger partial charge on any atom is -0.396 e. The Kier molecular flexibility index (Phi) is 6.17. The highest BCUT2D eigenvalue weighted by Crippen LogP contribution is 2.15. The quantitative estimate of drug-likeness (QED) is 0.715. The predicted molar refractivity (Wildman–Crippen MR) is 68.3 cm³/mol. The molecule has 0 unspecified atom stereocenters. The predicted octanol–water partition coefficient (Wildman–Crippen LogP) is 0.446. The maximum Gasteiger partial charge on any atom is 0.283 e. The number of nitrogens with one attached hydrogen (secondary N) is 1. The summed E-state index contributed by atoms with van der Waals surface area (Å²) in [4.78, 5) is 11.8. The first-order valence-electron chi connectivity index (χ1n) is 5.30. The van der Waals surface area contributed by atoms with Gasteiger partial charge in [-0.3, -0.25) is 4.79 Å². The van der Waals surface area contributed by atoms with E-state index in [2.05, 4.69) is 26.3 Å². The first kappa shape index (κ1) is 14.1. The lowest BCUT2D eigenvalue weighted by atomic mass is 10.4. The number of aliphatic hydroxyl groups is 1. The molecule has 1 aromatic rings. The van der Waals surface area contributed by atoms with Crippen LogP contribution < -0.4 is 10.9 Å². The van der Waals surface area contributed by atoms with Crippen LogP contribution in [0, 0.1) is 0 Å². The SMILES string of the molecule is COCCn1ncc(NCCCO)c(Br)c1=O. The monoisotopic (exact) mass is 305 g/mol. The van der Waals surface area contributed by atoms with E-state index in [0.717, 1.165) is 0 Å². The van der Waals surface area contributed by atoms with Gasteiger partial charge in [0.2, 0.25) is 0 Å². The largest absolute Gasteiger partial charge is 0.396 e. The summed E-state index contributed by atoms with van der Waals surface area (Å²) in [5.41, 5.74) is 0.438. The van der Waals surface area contributed by atoms with Gasteiger partial charge >= 0.3 is 0 Å². The highest BCUT2D eigenvalue weighted by atomic mass is 79.9. The molecular formula is C10H16BrN3O3. The van der Waals surface area contributed by atoms with E-state index in [1.165, 1.54) is 4.68 Å². The topological polar surface area (TPSA) is 76.4 Å². The Morgan fingerprint density at radius 1 is 1.65 bits per heavy atom. The van der Waals surface area contributed by atoms with E-state index in [0.29, 0.717) is 36.3 Å². The zero-order valence-electron chi connectivity index (χ0n) is 9.65. The van der Waals surface area contributed by atoms with E-state index < -0.39 is 0 Å².